The normalized spacial score (nSPS) is 15.3. The number of anilines is 3. The highest BCUT2D eigenvalue weighted by atomic mass is 16.2. The van der Waals surface area contributed by atoms with Gasteiger partial charge in [0.05, 0.1) is 11.4 Å². The summed E-state index contributed by atoms with van der Waals surface area (Å²) in [6, 6.07) is 11.6. The molecular weight excluding hydrogens is 326 g/mol. The van der Waals surface area contributed by atoms with Crippen molar-refractivity contribution in [1.29, 1.82) is 0 Å². The van der Waals surface area contributed by atoms with Crippen LogP contribution in [0, 0.1) is 20.8 Å². The number of nitrogens with one attached hydrogen (secondary N) is 2. The SMILES string of the molecule is Cc1cc(C)c(NC(=O)CN2C(=O)C(C)(C)Nc3ccccc32)c(C)c1. The molecule has 3 rings (SSSR count). The Balaban J connectivity index is 1.86. The van der Waals surface area contributed by atoms with Gasteiger partial charge in [0.2, 0.25) is 5.91 Å². The van der Waals surface area contributed by atoms with Crippen molar-refractivity contribution >= 4 is 28.9 Å². The molecule has 0 radical (unpaired) electrons. The van der Waals surface area contributed by atoms with Crippen LogP contribution in [0.25, 0.3) is 0 Å². The number of nitrogens with zero attached hydrogens (tertiary/aromatic N) is 1. The van der Waals surface area contributed by atoms with Gasteiger partial charge >= 0.3 is 0 Å². The lowest BCUT2D eigenvalue weighted by molar-refractivity contribution is -0.124. The van der Waals surface area contributed by atoms with E-state index in [1.165, 1.54) is 0 Å². The Hall–Kier alpha value is -2.82. The van der Waals surface area contributed by atoms with Crippen LogP contribution in [0.1, 0.15) is 30.5 Å². The summed E-state index contributed by atoms with van der Waals surface area (Å²) in [5.74, 6) is -0.329. The molecule has 0 aliphatic carbocycles. The summed E-state index contributed by atoms with van der Waals surface area (Å²) in [5, 5.41) is 6.22. The Labute approximate surface area is 154 Å². The maximum absolute atomic E-state index is 12.9. The van der Waals surface area contributed by atoms with Crippen molar-refractivity contribution in [3.8, 4) is 0 Å². The molecule has 5 nitrogen and oxygen atoms in total. The van der Waals surface area contributed by atoms with Gasteiger partial charge in [-0.15, -0.1) is 0 Å². The molecule has 0 atom stereocenters. The fraction of sp³-hybridized carbons (Fsp3) is 0.333. The molecule has 1 heterocycles. The third-order valence-electron chi connectivity index (χ3n) is 4.66. The van der Waals surface area contributed by atoms with Crippen LogP contribution >= 0.6 is 0 Å². The number of hydrogen-bond acceptors (Lipinski definition) is 3. The zero-order valence-corrected chi connectivity index (χ0v) is 15.9. The van der Waals surface area contributed by atoms with Crippen molar-refractivity contribution in [2.45, 2.75) is 40.2 Å². The minimum atomic E-state index is -0.760. The monoisotopic (exact) mass is 351 g/mol. The molecule has 2 N–H and O–H groups in total. The number of carbonyl (C=O) groups excluding carboxylic acids is 2. The van der Waals surface area contributed by atoms with Crippen molar-refractivity contribution in [3.63, 3.8) is 0 Å². The van der Waals surface area contributed by atoms with Gasteiger partial charge in [-0.2, -0.15) is 0 Å². The van der Waals surface area contributed by atoms with E-state index in [0.717, 1.165) is 33.8 Å². The molecule has 5 heteroatoms. The van der Waals surface area contributed by atoms with E-state index in [9.17, 15) is 9.59 Å². The maximum Gasteiger partial charge on any atom is 0.252 e. The van der Waals surface area contributed by atoms with Gasteiger partial charge in [-0.25, -0.2) is 0 Å². The second kappa shape index (κ2) is 6.48. The number of fused-ring (bicyclic) bond motifs is 1. The molecule has 1 aliphatic heterocycles. The van der Waals surface area contributed by atoms with Crippen molar-refractivity contribution in [2.75, 3.05) is 22.1 Å². The highest BCUT2D eigenvalue weighted by molar-refractivity contribution is 6.11. The molecule has 0 spiro atoms. The molecule has 0 saturated carbocycles. The first-order valence-corrected chi connectivity index (χ1v) is 8.76. The Kier molecular flexibility index (Phi) is 4.48. The van der Waals surface area contributed by atoms with Crippen LogP contribution in [0.15, 0.2) is 36.4 Å². The molecule has 0 unspecified atom stereocenters. The average Bonchev–Trinajstić information content (AvgIpc) is 2.55. The van der Waals surface area contributed by atoms with E-state index >= 15 is 0 Å². The van der Waals surface area contributed by atoms with Gasteiger partial charge in [0.15, 0.2) is 0 Å². The van der Waals surface area contributed by atoms with Crippen LogP contribution in [-0.2, 0) is 9.59 Å². The van der Waals surface area contributed by atoms with E-state index in [-0.39, 0.29) is 18.4 Å². The third kappa shape index (κ3) is 3.29. The van der Waals surface area contributed by atoms with E-state index in [1.807, 2.05) is 71.0 Å². The Morgan fingerprint density at radius 2 is 1.73 bits per heavy atom. The highest BCUT2D eigenvalue weighted by Gasteiger charge is 2.39. The quantitative estimate of drug-likeness (QED) is 0.884. The number of benzene rings is 2. The lowest BCUT2D eigenvalue weighted by Crippen LogP contribution is -2.55. The molecule has 2 aromatic rings. The van der Waals surface area contributed by atoms with Crippen molar-refractivity contribution in [1.82, 2.24) is 0 Å². The topological polar surface area (TPSA) is 61.4 Å². The van der Waals surface area contributed by atoms with Crippen LogP contribution in [0.5, 0.6) is 0 Å². The number of aryl methyl sites for hydroxylation is 3. The van der Waals surface area contributed by atoms with Gasteiger partial charge in [-0.3, -0.25) is 14.5 Å². The van der Waals surface area contributed by atoms with Crippen LogP contribution in [0.2, 0.25) is 0 Å². The number of para-hydroxylation sites is 2. The molecule has 0 saturated heterocycles. The van der Waals surface area contributed by atoms with Crippen molar-refractivity contribution in [3.05, 3.63) is 53.1 Å². The first-order valence-electron chi connectivity index (χ1n) is 8.76. The standard InChI is InChI=1S/C21H25N3O2/c1-13-10-14(2)19(15(3)11-13)22-18(25)12-24-17-9-7-6-8-16(17)23-21(4,5)20(24)26/h6-11,23H,12H2,1-5H3,(H,22,25). The summed E-state index contributed by atoms with van der Waals surface area (Å²) in [7, 11) is 0. The molecule has 136 valence electrons. The first kappa shape index (κ1) is 18.0. The predicted octanol–water partition coefficient (Wildman–Crippen LogP) is 3.79. The maximum atomic E-state index is 12.9. The van der Waals surface area contributed by atoms with Gasteiger partial charge in [0, 0.05) is 5.69 Å². The van der Waals surface area contributed by atoms with Crippen LogP contribution in [0.3, 0.4) is 0 Å². The molecule has 26 heavy (non-hydrogen) atoms. The Morgan fingerprint density at radius 1 is 1.12 bits per heavy atom. The summed E-state index contributed by atoms with van der Waals surface area (Å²) in [6.07, 6.45) is 0. The minimum absolute atomic E-state index is 0.0201. The summed E-state index contributed by atoms with van der Waals surface area (Å²) in [6.45, 7) is 9.61. The van der Waals surface area contributed by atoms with Gasteiger partial charge in [0.25, 0.3) is 5.91 Å². The number of rotatable bonds is 3. The number of amides is 2. The summed E-state index contributed by atoms with van der Waals surface area (Å²) in [5.41, 5.74) is 4.83. The van der Waals surface area contributed by atoms with Crippen LogP contribution in [-0.4, -0.2) is 23.9 Å². The summed E-state index contributed by atoms with van der Waals surface area (Å²) in [4.78, 5) is 27.1. The lowest BCUT2D eigenvalue weighted by atomic mass is 9.98. The van der Waals surface area contributed by atoms with E-state index in [4.69, 9.17) is 0 Å². The lowest BCUT2D eigenvalue weighted by Gasteiger charge is -2.39. The average molecular weight is 351 g/mol. The fourth-order valence-corrected chi connectivity index (χ4v) is 3.51. The summed E-state index contributed by atoms with van der Waals surface area (Å²) < 4.78 is 0. The highest BCUT2D eigenvalue weighted by Crippen LogP contribution is 2.35. The molecule has 1 aliphatic rings. The number of hydrogen-bond donors (Lipinski definition) is 2. The van der Waals surface area contributed by atoms with E-state index < -0.39 is 5.54 Å². The largest absolute Gasteiger partial charge is 0.370 e. The number of carbonyl (C=O) groups is 2. The first-order chi connectivity index (χ1) is 12.2. The van der Waals surface area contributed by atoms with E-state index in [1.54, 1.807) is 4.90 Å². The zero-order valence-electron chi connectivity index (χ0n) is 15.9. The zero-order chi connectivity index (χ0) is 19.1. The fourth-order valence-electron chi connectivity index (χ4n) is 3.51. The molecule has 0 fully saturated rings. The Bertz CT molecular complexity index is 864. The van der Waals surface area contributed by atoms with Gasteiger partial charge in [-0.1, -0.05) is 29.8 Å². The molecular formula is C21H25N3O2. The summed E-state index contributed by atoms with van der Waals surface area (Å²) >= 11 is 0. The minimum Gasteiger partial charge on any atom is -0.370 e. The Morgan fingerprint density at radius 3 is 2.38 bits per heavy atom. The van der Waals surface area contributed by atoms with Crippen molar-refractivity contribution < 1.29 is 9.59 Å². The van der Waals surface area contributed by atoms with E-state index in [2.05, 4.69) is 10.6 Å². The van der Waals surface area contributed by atoms with Gasteiger partial charge in [-0.05, 0) is 57.9 Å². The molecule has 2 aromatic carbocycles. The van der Waals surface area contributed by atoms with Gasteiger partial charge < -0.3 is 10.6 Å². The predicted molar refractivity (Wildman–Crippen MR) is 106 cm³/mol. The molecule has 0 bridgehead atoms. The molecule has 2 amide bonds. The van der Waals surface area contributed by atoms with Crippen LogP contribution < -0.4 is 15.5 Å². The third-order valence-corrected chi connectivity index (χ3v) is 4.66. The second-order valence-electron chi connectivity index (χ2n) is 7.48. The molecule has 0 aromatic heterocycles. The van der Waals surface area contributed by atoms with Crippen LogP contribution in [0.4, 0.5) is 17.1 Å². The van der Waals surface area contributed by atoms with Crippen molar-refractivity contribution in [2.24, 2.45) is 0 Å². The smallest absolute Gasteiger partial charge is 0.252 e. The second-order valence-corrected chi connectivity index (χ2v) is 7.48. The van der Waals surface area contributed by atoms with E-state index in [0.29, 0.717) is 0 Å². The van der Waals surface area contributed by atoms with Gasteiger partial charge in [0.1, 0.15) is 12.1 Å².